The number of nitrogens with zero attached hydrogens (tertiary/aromatic N) is 1. The molecule has 1 N–H and O–H groups in total. The minimum Gasteiger partial charge on any atom is -0.452 e. The van der Waals surface area contributed by atoms with Gasteiger partial charge in [-0.15, -0.1) is 23.5 Å². The molecule has 122 valence electrons. The van der Waals surface area contributed by atoms with Crippen molar-refractivity contribution in [2.75, 3.05) is 31.2 Å². The third kappa shape index (κ3) is 3.81. The molecule has 8 heteroatoms. The number of nitrogens with one attached hydrogen (secondary N) is 1. The molecule has 3 rings (SSSR count). The quantitative estimate of drug-likeness (QED) is 0.834. The fourth-order valence-corrected chi connectivity index (χ4v) is 5.18. The first-order valence-corrected chi connectivity index (χ1v) is 9.33. The van der Waals surface area contributed by atoms with Gasteiger partial charge in [0.2, 0.25) is 0 Å². The number of hydrogen-bond acceptors (Lipinski definition) is 6. The molecule has 0 radical (unpaired) electrons. The van der Waals surface area contributed by atoms with E-state index >= 15 is 0 Å². The van der Waals surface area contributed by atoms with E-state index in [2.05, 4.69) is 5.32 Å². The number of amides is 3. The van der Waals surface area contributed by atoms with Crippen LogP contribution in [-0.2, 0) is 9.53 Å². The summed E-state index contributed by atoms with van der Waals surface area (Å²) in [6.07, 6.45) is 0. The smallest absolute Gasteiger partial charge is 0.338 e. The van der Waals surface area contributed by atoms with Crippen molar-refractivity contribution >= 4 is 41.4 Å². The molecule has 1 aromatic carbocycles. The lowest BCUT2D eigenvalue weighted by molar-refractivity contribution is -0.130. The van der Waals surface area contributed by atoms with Crippen LogP contribution in [-0.4, -0.2) is 54.0 Å². The monoisotopic (exact) mass is 352 g/mol. The van der Waals surface area contributed by atoms with Gasteiger partial charge in [-0.1, -0.05) is 12.1 Å². The molecule has 0 unspecified atom stereocenters. The van der Waals surface area contributed by atoms with Crippen molar-refractivity contribution in [3.05, 3.63) is 35.4 Å². The molecule has 1 aromatic rings. The Morgan fingerprint density at radius 2 is 1.91 bits per heavy atom. The topological polar surface area (TPSA) is 75.7 Å². The van der Waals surface area contributed by atoms with E-state index in [0.717, 1.165) is 16.4 Å². The lowest BCUT2D eigenvalue weighted by Crippen LogP contribution is -2.37. The van der Waals surface area contributed by atoms with Gasteiger partial charge in [0, 0.05) is 24.6 Å². The molecule has 0 aliphatic carbocycles. The van der Waals surface area contributed by atoms with Crippen LogP contribution >= 0.6 is 23.5 Å². The number of carbonyl (C=O) groups excluding carboxylic acids is 3. The molecule has 2 aliphatic heterocycles. The van der Waals surface area contributed by atoms with Gasteiger partial charge in [0.1, 0.15) is 0 Å². The molecule has 2 fully saturated rings. The second-order valence-electron chi connectivity index (χ2n) is 5.05. The van der Waals surface area contributed by atoms with E-state index in [1.165, 1.54) is 5.56 Å². The van der Waals surface area contributed by atoms with Gasteiger partial charge >= 0.3 is 12.0 Å². The minimum atomic E-state index is -0.559. The van der Waals surface area contributed by atoms with Gasteiger partial charge in [0.25, 0.3) is 5.91 Å². The number of ether oxygens (including phenoxy) is 1. The van der Waals surface area contributed by atoms with Crippen LogP contribution in [0.4, 0.5) is 4.79 Å². The molecule has 2 saturated heterocycles. The van der Waals surface area contributed by atoms with Crippen LogP contribution in [0.2, 0.25) is 0 Å². The molecule has 0 atom stereocenters. The van der Waals surface area contributed by atoms with Crippen LogP contribution in [0, 0.1) is 0 Å². The SMILES string of the molecule is O=C(OCC(=O)N1CCNC1=O)c1ccc(C2SCCS2)cc1. The zero-order chi connectivity index (χ0) is 16.2. The summed E-state index contributed by atoms with van der Waals surface area (Å²) in [7, 11) is 0. The highest BCUT2D eigenvalue weighted by Crippen LogP contribution is 2.45. The molecule has 2 aliphatic rings. The standard InChI is InChI=1S/C15H16N2O4S2/c18-12(17-6-5-16-15(17)20)9-21-13(19)10-1-3-11(4-2-10)14-22-7-8-23-14/h1-4,14H,5-9H2,(H,16,20). The Hall–Kier alpha value is -1.67. The number of rotatable bonds is 4. The summed E-state index contributed by atoms with van der Waals surface area (Å²) in [6.45, 7) is 0.306. The van der Waals surface area contributed by atoms with E-state index in [-0.39, 0.29) is 0 Å². The normalized spacial score (nSPS) is 18.1. The van der Waals surface area contributed by atoms with E-state index < -0.39 is 24.5 Å². The fraction of sp³-hybridized carbons (Fsp3) is 0.400. The number of imide groups is 1. The van der Waals surface area contributed by atoms with Gasteiger partial charge in [0.15, 0.2) is 6.61 Å². The van der Waals surface area contributed by atoms with E-state index in [1.807, 2.05) is 35.7 Å². The highest BCUT2D eigenvalue weighted by molar-refractivity contribution is 8.19. The summed E-state index contributed by atoms with van der Waals surface area (Å²) < 4.78 is 5.42. The number of thioether (sulfide) groups is 2. The molecular formula is C15H16N2O4S2. The first-order chi connectivity index (χ1) is 11.1. The Morgan fingerprint density at radius 1 is 1.22 bits per heavy atom. The van der Waals surface area contributed by atoms with Crippen molar-refractivity contribution < 1.29 is 19.1 Å². The summed E-state index contributed by atoms with van der Waals surface area (Å²) in [4.78, 5) is 36.2. The van der Waals surface area contributed by atoms with Crippen molar-refractivity contribution in [1.29, 1.82) is 0 Å². The largest absolute Gasteiger partial charge is 0.452 e. The Bertz CT molecular complexity index is 614. The van der Waals surface area contributed by atoms with Crippen LogP contribution in [0.3, 0.4) is 0 Å². The Morgan fingerprint density at radius 3 is 2.52 bits per heavy atom. The van der Waals surface area contributed by atoms with Crippen LogP contribution in [0.1, 0.15) is 20.5 Å². The van der Waals surface area contributed by atoms with Gasteiger partial charge in [-0.2, -0.15) is 0 Å². The number of benzene rings is 1. The van der Waals surface area contributed by atoms with Crippen molar-refractivity contribution in [3.63, 3.8) is 0 Å². The lowest BCUT2D eigenvalue weighted by atomic mass is 10.1. The number of carbonyl (C=O) groups is 3. The zero-order valence-electron chi connectivity index (χ0n) is 12.3. The maximum Gasteiger partial charge on any atom is 0.338 e. The molecular weight excluding hydrogens is 336 g/mol. The molecule has 0 spiro atoms. The average molecular weight is 352 g/mol. The maximum atomic E-state index is 12.0. The molecule has 0 aromatic heterocycles. The van der Waals surface area contributed by atoms with Crippen LogP contribution < -0.4 is 5.32 Å². The average Bonchev–Trinajstić information content (AvgIpc) is 3.24. The summed E-state index contributed by atoms with van der Waals surface area (Å²) in [5.74, 6) is 1.22. The maximum absolute atomic E-state index is 12.0. The predicted octanol–water partition coefficient (Wildman–Crippen LogP) is 1.87. The summed E-state index contributed by atoms with van der Waals surface area (Å²) >= 11 is 3.79. The van der Waals surface area contributed by atoms with Crippen molar-refractivity contribution in [2.45, 2.75) is 4.58 Å². The fourth-order valence-electron chi connectivity index (χ4n) is 2.33. The Kier molecular flexibility index (Phi) is 5.12. The first kappa shape index (κ1) is 16.2. The van der Waals surface area contributed by atoms with Gasteiger partial charge in [0.05, 0.1) is 10.1 Å². The Labute approximate surface area is 142 Å². The summed E-state index contributed by atoms with van der Waals surface area (Å²) in [5.41, 5.74) is 1.58. The highest BCUT2D eigenvalue weighted by Gasteiger charge is 2.27. The van der Waals surface area contributed by atoms with Gasteiger partial charge in [-0.3, -0.25) is 9.69 Å². The molecule has 23 heavy (non-hydrogen) atoms. The van der Waals surface area contributed by atoms with Crippen molar-refractivity contribution in [2.24, 2.45) is 0 Å². The molecule has 0 bridgehead atoms. The lowest BCUT2D eigenvalue weighted by Gasteiger charge is -2.12. The van der Waals surface area contributed by atoms with Crippen LogP contribution in [0.25, 0.3) is 0 Å². The predicted molar refractivity (Wildman–Crippen MR) is 89.5 cm³/mol. The van der Waals surface area contributed by atoms with Crippen molar-refractivity contribution in [3.8, 4) is 0 Å². The third-order valence-corrected chi connectivity index (χ3v) is 6.63. The number of urea groups is 1. The molecule has 3 amide bonds. The molecule has 2 heterocycles. The van der Waals surface area contributed by atoms with Crippen molar-refractivity contribution in [1.82, 2.24) is 10.2 Å². The summed E-state index contributed by atoms with van der Waals surface area (Å²) in [5, 5.41) is 2.52. The van der Waals surface area contributed by atoms with Gasteiger partial charge in [-0.05, 0) is 17.7 Å². The highest BCUT2D eigenvalue weighted by atomic mass is 32.2. The van der Waals surface area contributed by atoms with E-state index in [9.17, 15) is 14.4 Å². The Balaban J connectivity index is 1.53. The second-order valence-corrected chi connectivity index (χ2v) is 7.77. The van der Waals surface area contributed by atoms with Crippen LogP contribution in [0.15, 0.2) is 24.3 Å². The first-order valence-electron chi connectivity index (χ1n) is 7.23. The minimum absolute atomic E-state index is 0.306. The van der Waals surface area contributed by atoms with E-state index in [4.69, 9.17) is 4.74 Å². The molecule has 6 nitrogen and oxygen atoms in total. The zero-order valence-corrected chi connectivity index (χ0v) is 14.0. The second kappa shape index (κ2) is 7.27. The van der Waals surface area contributed by atoms with Crippen LogP contribution in [0.5, 0.6) is 0 Å². The van der Waals surface area contributed by atoms with Gasteiger partial charge < -0.3 is 10.1 Å². The van der Waals surface area contributed by atoms with E-state index in [1.54, 1.807) is 12.1 Å². The third-order valence-electron chi connectivity index (χ3n) is 3.52. The van der Waals surface area contributed by atoms with Gasteiger partial charge in [-0.25, -0.2) is 9.59 Å². The summed E-state index contributed by atoms with van der Waals surface area (Å²) in [6, 6.07) is 6.82. The number of hydrogen-bond donors (Lipinski definition) is 1. The number of esters is 1. The molecule has 0 saturated carbocycles. The van der Waals surface area contributed by atoms with E-state index in [0.29, 0.717) is 23.2 Å².